The second kappa shape index (κ2) is 8.57. The maximum Gasteiger partial charge on any atom is 0.263 e. The Morgan fingerprint density at radius 3 is 2.67 bits per heavy atom. The van der Waals surface area contributed by atoms with E-state index in [4.69, 9.17) is 9.51 Å². The number of aromatic nitrogens is 4. The zero-order valence-corrected chi connectivity index (χ0v) is 18.7. The molecule has 0 radical (unpaired) electrons. The van der Waals surface area contributed by atoms with Crippen LogP contribution in [0.25, 0.3) is 20.7 Å². The normalized spacial score (nSPS) is 12.5. The molecule has 0 spiro atoms. The molecule has 0 bridgehead atoms. The fourth-order valence-corrected chi connectivity index (χ4v) is 5.00. The van der Waals surface area contributed by atoms with Crippen molar-refractivity contribution in [1.29, 1.82) is 0 Å². The summed E-state index contributed by atoms with van der Waals surface area (Å²) >= 11 is 2.96. The van der Waals surface area contributed by atoms with Crippen molar-refractivity contribution in [2.24, 2.45) is 0 Å². The smallest absolute Gasteiger partial charge is 0.263 e. The van der Waals surface area contributed by atoms with Crippen LogP contribution < -0.4 is 5.56 Å². The third kappa shape index (κ3) is 3.97. The molecule has 0 aliphatic carbocycles. The molecule has 0 aliphatic heterocycles. The van der Waals surface area contributed by atoms with Crippen molar-refractivity contribution in [1.82, 2.24) is 19.7 Å². The molecule has 30 heavy (non-hydrogen) atoms. The second-order valence-corrected chi connectivity index (χ2v) is 9.54. The average molecular weight is 439 g/mol. The van der Waals surface area contributed by atoms with Gasteiger partial charge >= 0.3 is 0 Å². The summed E-state index contributed by atoms with van der Waals surface area (Å²) in [6.45, 7) is 10.2. The maximum absolute atomic E-state index is 13.2. The molecule has 1 unspecified atom stereocenters. The van der Waals surface area contributed by atoms with Crippen LogP contribution in [0.15, 0.2) is 63.5 Å². The van der Waals surface area contributed by atoms with E-state index in [2.05, 4.69) is 16.7 Å². The molecule has 0 N–H and O–H groups in total. The van der Waals surface area contributed by atoms with E-state index in [1.807, 2.05) is 57.2 Å². The molecule has 1 aromatic carbocycles. The maximum atomic E-state index is 13.2. The number of hydrogen-bond donors (Lipinski definition) is 0. The Morgan fingerprint density at radius 2 is 2.00 bits per heavy atom. The van der Waals surface area contributed by atoms with Gasteiger partial charge in [0.1, 0.15) is 4.83 Å². The zero-order valence-electron chi connectivity index (χ0n) is 17.0. The number of thioether (sulfide) groups is 1. The van der Waals surface area contributed by atoms with Gasteiger partial charge in [0.05, 0.1) is 10.6 Å². The van der Waals surface area contributed by atoms with Crippen LogP contribution in [0.5, 0.6) is 0 Å². The van der Waals surface area contributed by atoms with E-state index in [-0.39, 0.29) is 16.7 Å². The highest BCUT2D eigenvalue weighted by atomic mass is 32.2. The average Bonchev–Trinajstić information content (AvgIpc) is 3.39. The largest absolute Gasteiger partial charge is 0.338 e. The van der Waals surface area contributed by atoms with Gasteiger partial charge in [0.25, 0.3) is 5.56 Å². The minimum Gasteiger partial charge on any atom is -0.338 e. The lowest BCUT2D eigenvalue weighted by Crippen LogP contribution is -2.22. The molecule has 0 aliphatic rings. The van der Waals surface area contributed by atoms with Crippen LogP contribution in [-0.4, -0.2) is 19.7 Å². The first-order valence-corrected chi connectivity index (χ1v) is 11.4. The molecule has 3 heterocycles. The summed E-state index contributed by atoms with van der Waals surface area (Å²) in [5, 5.41) is 5.14. The Labute approximate surface area is 182 Å². The molecule has 6 nitrogen and oxygen atoms in total. The standard InChI is InChI=1S/C22H22N4O2S2/c1-5-11-26-21(27)16-12-17(15-9-7-6-8-10-15)30-20(16)24-22(26)29-14(4)19-23-18(13(2)3)25-28-19/h5-10,12-14H,1,11H2,2-4H3. The first kappa shape index (κ1) is 20.6. The van der Waals surface area contributed by atoms with Gasteiger partial charge in [0.2, 0.25) is 5.89 Å². The fourth-order valence-electron chi connectivity index (χ4n) is 2.98. The Kier molecular flexibility index (Phi) is 5.87. The van der Waals surface area contributed by atoms with Crippen molar-refractivity contribution < 1.29 is 4.52 Å². The molecule has 1 atom stereocenters. The number of benzene rings is 1. The van der Waals surface area contributed by atoms with Crippen molar-refractivity contribution in [3.8, 4) is 10.4 Å². The van der Waals surface area contributed by atoms with Gasteiger partial charge in [-0.25, -0.2) is 4.98 Å². The van der Waals surface area contributed by atoms with E-state index in [1.54, 1.807) is 10.6 Å². The van der Waals surface area contributed by atoms with E-state index >= 15 is 0 Å². The quantitative estimate of drug-likeness (QED) is 0.210. The number of thiophene rings is 1. The Balaban J connectivity index is 1.75. The van der Waals surface area contributed by atoms with E-state index in [0.717, 1.165) is 15.3 Å². The molecular formula is C22H22N4O2S2. The number of nitrogens with zero attached hydrogens (tertiary/aromatic N) is 4. The molecule has 0 fully saturated rings. The molecule has 8 heteroatoms. The lowest BCUT2D eigenvalue weighted by molar-refractivity contribution is 0.372. The molecule has 0 saturated carbocycles. The van der Waals surface area contributed by atoms with Crippen molar-refractivity contribution in [2.45, 2.75) is 43.6 Å². The van der Waals surface area contributed by atoms with Crippen molar-refractivity contribution in [2.75, 3.05) is 0 Å². The first-order valence-electron chi connectivity index (χ1n) is 9.68. The summed E-state index contributed by atoms with van der Waals surface area (Å²) in [5.41, 5.74) is 1.01. The Bertz CT molecular complexity index is 1240. The monoisotopic (exact) mass is 438 g/mol. The number of rotatable bonds is 7. The van der Waals surface area contributed by atoms with Gasteiger partial charge in [-0.2, -0.15) is 4.98 Å². The van der Waals surface area contributed by atoms with Crippen LogP contribution in [0.4, 0.5) is 0 Å². The fraction of sp³-hybridized carbons (Fsp3) is 0.273. The molecule has 0 saturated heterocycles. The van der Waals surface area contributed by atoms with E-state index in [9.17, 15) is 4.79 Å². The second-order valence-electron chi connectivity index (χ2n) is 7.20. The Morgan fingerprint density at radius 1 is 1.23 bits per heavy atom. The Hall–Kier alpha value is -2.71. The molecule has 4 rings (SSSR count). The highest BCUT2D eigenvalue weighted by molar-refractivity contribution is 7.99. The van der Waals surface area contributed by atoms with E-state index in [1.165, 1.54) is 23.1 Å². The minimum atomic E-state index is -0.140. The van der Waals surface area contributed by atoms with E-state index in [0.29, 0.717) is 28.8 Å². The van der Waals surface area contributed by atoms with Gasteiger partial charge in [0.15, 0.2) is 11.0 Å². The summed E-state index contributed by atoms with van der Waals surface area (Å²) in [6, 6.07) is 11.9. The van der Waals surface area contributed by atoms with E-state index < -0.39 is 0 Å². The van der Waals surface area contributed by atoms with Crippen LogP contribution in [0.2, 0.25) is 0 Å². The predicted octanol–water partition coefficient (Wildman–Crippen LogP) is 5.67. The van der Waals surface area contributed by atoms with Crippen LogP contribution in [0, 0.1) is 0 Å². The highest BCUT2D eigenvalue weighted by Crippen LogP contribution is 2.36. The third-order valence-electron chi connectivity index (χ3n) is 4.59. The minimum absolute atomic E-state index is 0.0681. The molecule has 3 aromatic heterocycles. The summed E-state index contributed by atoms with van der Waals surface area (Å²) in [5.74, 6) is 1.39. The zero-order chi connectivity index (χ0) is 21.3. The number of fused-ring (bicyclic) bond motifs is 1. The van der Waals surface area contributed by atoms with Crippen molar-refractivity contribution >= 4 is 33.3 Å². The topological polar surface area (TPSA) is 73.8 Å². The molecule has 154 valence electrons. The predicted molar refractivity (Wildman–Crippen MR) is 122 cm³/mol. The summed E-state index contributed by atoms with van der Waals surface area (Å²) in [4.78, 5) is 24.3. The summed E-state index contributed by atoms with van der Waals surface area (Å²) in [6.07, 6.45) is 1.71. The summed E-state index contributed by atoms with van der Waals surface area (Å²) < 4.78 is 7.08. The lowest BCUT2D eigenvalue weighted by Gasteiger charge is -2.12. The van der Waals surface area contributed by atoms with Crippen LogP contribution in [0.1, 0.15) is 43.7 Å². The van der Waals surface area contributed by atoms with Gasteiger partial charge in [-0.3, -0.25) is 9.36 Å². The van der Waals surface area contributed by atoms with Crippen molar-refractivity contribution in [3.63, 3.8) is 0 Å². The third-order valence-corrected chi connectivity index (χ3v) is 6.75. The molecular weight excluding hydrogens is 416 g/mol. The van der Waals surface area contributed by atoms with Gasteiger partial charge in [-0.15, -0.1) is 17.9 Å². The van der Waals surface area contributed by atoms with Gasteiger partial charge < -0.3 is 4.52 Å². The molecule has 0 amide bonds. The van der Waals surface area contributed by atoms with Gasteiger partial charge in [-0.1, -0.05) is 67.2 Å². The SMILES string of the molecule is C=CCn1c(SC(C)c2nc(C(C)C)no2)nc2sc(-c3ccccc3)cc2c1=O. The van der Waals surface area contributed by atoms with Crippen LogP contribution in [-0.2, 0) is 6.54 Å². The van der Waals surface area contributed by atoms with Gasteiger partial charge in [0, 0.05) is 17.3 Å². The number of allylic oxidation sites excluding steroid dienone is 1. The van der Waals surface area contributed by atoms with Crippen molar-refractivity contribution in [3.05, 3.63) is 71.1 Å². The highest BCUT2D eigenvalue weighted by Gasteiger charge is 2.21. The van der Waals surface area contributed by atoms with Crippen LogP contribution in [0.3, 0.4) is 0 Å². The lowest BCUT2D eigenvalue weighted by atomic mass is 10.2. The number of hydrogen-bond acceptors (Lipinski definition) is 7. The van der Waals surface area contributed by atoms with Crippen LogP contribution >= 0.6 is 23.1 Å². The first-order chi connectivity index (χ1) is 14.5. The summed E-state index contributed by atoms with van der Waals surface area (Å²) in [7, 11) is 0. The van der Waals surface area contributed by atoms with Gasteiger partial charge in [-0.05, 0) is 18.6 Å². The molecule has 4 aromatic rings.